The van der Waals surface area contributed by atoms with E-state index >= 15 is 0 Å². The summed E-state index contributed by atoms with van der Waals surface area (Å²) in [6.45, 7) is 2.75. The number of carbonyl (C=O) groups is 1. The van der Waals surface area contributed by atoms with Crippen molar-refractivity contribution in [1.82, 2.24) is 0 Å². The summed E-state index contributed by atoms with van der Waals surface area (Å²) < 4.78 is 17.4. The van der Waals surface area contributed by atoms with Crippen molar-refractivity contribution in [2.75, 3.05) is 13.7 Å². The number of benzene rings is 2. The molecular formula is C21H20BrNO4. The van der Waals surface area contributed by atoms with Crippen LogP contribution in [0.3, 0.4) is 0 Å². The molecule has 0 fully saturated rings. The molecule has 0 atom stereocenters. The van der Waals surface area contributed by atoms with E-state index in [4.69, 9.17) is 14.2 Å². The van der Waals surface area contributed by atoms with Crippen molar-refractivity contribution in [3.63, 3.8) is 0 Å². The first-order valence-electron chi connectivity index (χ1n) is 8.70. The summed E-state index contributed by atoms with van der Waals surface area (Å²) in [5.74, 6) is 1.12. The molecule has 2 aromatic rings. The Morgan fingerprint density at radius 1 is 1.15 bits per heavy atom. The smallest absolute Gasteiger partial charge is 0.363 e. The zero-order chi connectivity index (χ0) is 19.2. The van der Waals surface area contributed by atoms with E-state index in [2.05, 4.69) is 27.8 Å². The number of unbranched alkanes of at least 4 members (excludes halogenated alkanes) is 1. The van der Waals surface area contributed by atoms with Gasteiger partial charge in [-0.2, -0.15) is 0 Å². The molecule has 2 aromatic carbocycles. The normalized spacial score (nSPS) is 14.9. The van der Waals surface area contributed by atoms with Gasteiger partial charge in [0.1, 0.15) is 0 Å². The summed E-state index contributed by atoms with van der Waals surface area (Å²) >= 11 is 3.38. The van der Waals surface area contributed by atoms with E-state index in [0.29, 0.717) is 24.0 Å². The highest BCUT2D eigenvalue weighted by Crippen LogP contribution is 2.30. The number of hydrogen-bond acceptors (Lipinski definition) is 5. The van der Waals surface area contributed by atoms with Gasteiger partial charge in [0.2, 0.25) is 5.90 Å². The van der Waals surface area contributed by atoms with E-state index in [1.54, 1.807) is 13.2 Å². The zero-order valence-corrected chi connectivity index (χ0v) is 16.8. The number of esters is 1. The Balaban J connectivity index is 1.82. The van der Waals surface area contributed by atoms with Crippen molar-refractivity contribution >= 4 is 33.9 Å². The standard InChI is InChI=1S/C21H20BrNO4/c1-3-4-11-26-18-10-5-14(13-19(18)25-2)12-17-21(24)27-20(23-17)15-6-8-16(22)9-7-15/h5-10,12-13H,3-4,11H2,1-2H3/b17-12-. The predicted molar refractivity (Wildman–Crippen MR) is 108 cm³/mol. The molecule has 0 saturated carbocycles. The van der Waals surface area contributed by atoms with Gasteiger partial charge in [-0.1, -0.05) is 35.3 Å². The molecule has 0 aromatic heterocycles. The van der Waals surface area contributed by atoms with Gasteiger partial charge in [-0.3, -0.25) is 0 Å². The first kappa shape index (κ1) is 19.2. The Bertz CT molecular complexity index is 888. The van der Waals surface area contributed by atoms with Gasteiger partial charge in [-0.05, 0) is 54.5 Å². The number of carbonyl (C=O) groups excluding carboxylic acids is 1. The van der Waals surface area contributed by atoms with E-state index in [-0.39, 0.29) is 5.70 Å². The maximum atomic E-state index is 12.2. The fraction of sp³-hybridized carbons (Fsp3) is 0.238. The van der Waals surface area contributed by atoms with Gasteiger partial charge in [0, 0.05) is 10.0 Å². The molecule has 0 bridgehead atoms. The highest BCUT2D eigenvalue weighted by atomic mass is 79.9. The summed E-state index contributed by atoms with van der Waals surface area (Å²) in [7, 11) is 1.59. The van der Waals surface area contributed by atoms with Crippen LogP contribution in [-0.4, -0.2) is 25.6 Å². The maximum absolute atomic E-state index is 12.2. The van der Waals surface area contributed by atoms with Gasteiger partial charge in [0.25, 0.3) is 0 Å². The molecule has 27 heavy (non-hydrogen) atoms. The lowest BCUT2D eigenvalue weighted by Crippen LogP contribution is -2.05. The van der Waals surface area contributed by atoms with Crippen molar-refractivity contribution in [3.8, 4) is 11.5 Å². The van der Waals surface area contributed by atoms with Crippen molar-refractivity contribution in [1.29, 1.82) is 0 Å². The summed E-state index contributed by atoms with van der Waals surface area (Å²) in [5, 5.41) is 0. The Morgan fingerprint density at radius 2 is 1.93 bits per heavy atom. The van der Waals surface area contributed by atoms with Gasteiger partial charge in [0.15, 0.2) is 17.2 Å². The molecule has 0 radical (unpaired) electrons. The van der Waals surface area contributed by atoms with Crippen molar-refractivity contribution in [2.24, 2.45) is 4.99 Å². The molecule has 0 spiro atoms. The second-order valence-corrected chi connectivity index (χ2v) is 6.87. The van der Waals surface area contributed by atoms with E-state index in [1.807, 2.05) is 42.5 Å². The quantitative estimate of drug-likeness (QED) is 0.353. The Labute approximate surface area is 166 Å². The summed E-state index contributed by atoms with van der Waals surface area (Å²) in [5.41, 5.74) is 1.77. The van der Waals surface area contributed by atoms with E-state index in [9.17, 15) is 4.79 Å². The van der Waals surface area contributed by atoms with Gasteiger partial charge >= 0.3 is 5.97 Å². The molecule has 0 N–H and O–H groups in total. The van der Waals surface area contributed by atoms with E-state index in [0.717, 1.165) is 28.4 Å². The molecule has 140 valence electrons. The van der Waals surface area contributed by atoms with Crippen LogP contribution >= 0.6 is 15.9 Å². The molecule has 0 unspecified atom stereocenters. The van der Waals surface area contributed by atoms with Gasteiger partial charge in [-0.15, -0.1) is 0 Å². The Hall–Kier alpha value is -2.60. The second-order valence-electron chi connectivity index (χ2n) is 5.96. The van der Waals surface area contributed by atoms with Crippen LogP contribution in [-0.2, 0) is 9.53 Å². The molecule has 1 aliphatic rings. The number of cyclic esters (lactones) is 1. The van der Waals surface area contributed by atoms with Crippen LogP contribution in [0.15, 0.2) is 57.6 Å². The third-order valence-corrected chi connectivity index (χ3v) is 4.49. The predicted octanol–water partition coefficient (Wildman–Crippen LogP) is 4.98. The molecule has 1 heterocycles. The van der Waals surface area contributed by atoms with Gasteiger partial charge in [-0.25, -0.2) is 9.79 Å². The minimum atomic E-state index is -0.477. The number of ether oxygens (including phenoxy) is 3. The van der Waals surface area contributed by atoms with Crippen LogP contribution in [0.2, 0.25) is 0 Å². The average molecular weight is 430 g/mol. The van der Waals surface area contributed by atoms with Crippen LogP contribution in [0.25, 0.3) is 6.08 Å². The lowest BCUT2D eigenvalue weighted by molar-refractivity contribution is -0.129. The third-order valence-electron chi connectivity index (χ3n) is 3.96. The molecule has 5 nitrogen and oxygen atoms in total. The van der Waals surface area contributed by atoms with Crippen LogP contribution in [0.1, 0.15) is 30.9 Å². The van der Waals surface area contributed by atoms with Crippen LogP contribution < -0.4 is 9.47 Å². The van der Waals surface area contributed by atoms with E-state index < -0.39 is 5.97 Å². The summed E-state index contributed by atoms with van der Waals surface area (Å²) in [4.78, 5) is 16.5. The lowest BCUT2D eigenvalue weighted by atomic mass is 10.1. The van der Waals surface area contributed by atoms with Crippen molar-refractivity contribution in [2.45, 2.75) is 19.8 Å². The fourth-order valence-electron chi connectivity index (χ4n) is 2.50. The zero-order valence-electron chi connectivity index (χ0n) is 15.2. The summed E-state index contributed by atoms with van der Waals surface area (Å²) in [6.07, 6.45) is 3.72. The molecule has 6 heteroatoms. The van der Waals surface area contributed by atoms with Crippen molar-refractivity contribution < 1.29 is 19.0 Å². The molecule has 0 amide bonds. The minimum Gasteiger partial charge on any atom is -0.493 e. The van der Waals surface area contributed by atoms with Gasteiger partial charge in [0.05, 0.1) is 13.7 Å². The second kappa shape index (κ2) is 8.86. The fourth-order valence-corrected chi connectivity index (χ4v) is 2.77. The lowest BCUT2D eigenvalue weighted by Gasteiger charge is -2.10. The van der Waals surface area contributed by atoms with Crippen molar-refractivity contribution in [3.05, 3.63) is 63.8 Å². The minimum absolute atomic E-state index is 0.245. The highest BCUT2D eigenvalue weighted by Gasteiger charge is 2.24. The monoisotopic (exact) mass is 429 g/mol. The number of halogens is 1. The Kier molecular flexibility index (Phi) is 6.29. The van der Waals surface area contributed by atoms with Crippen LogP contribution in [0.5, 0.6) is 11.5 Å². The molecule has 1 aliphatic heterocycles. The molecule has 0 aliphatic carbocycles. The van der Waals surface area contributed by atoms with Crippen LogP contribution in [0, 0.1) is 0 Å². The molecule has 0 saturated heterocycles. The molecular weight excluding hydrogens is 410 g/mol. The maximum Gasteiger partial charge on any atom is 0.363 e. The first-order chi connectivity index (χ1) is 13.1. The topological polar surface area (TPSA) is 57.1 Å². The summed E-state index contributed by atoms with van der Waals surface area (Å²) in [6, 6.07) is 12.9. The number of aliphatic imine (C=N–C) groups is 1. The highest BCUT2D eigenvalue weighted by molar-refractivity contribution is 9.10. The SMILES string of the molecule is CCCCOc1ccc(/C=C2\N=C(c3ccc(Br)cc3)OC2=O)cc1OC. The number of nitrogens with zero attached hydrogens (tertiary/aromatic N) is 1. The number of hydrogen-bond donors (Lipinski definition) is 0. The average Bonchev–Trinajstić information content (AvgIpc) is 3.04. The number of rotatable bonds is 7. The largest absolute Gasteiger partial charge is 0.493 e. The first-order valence-corrected chi connectivity index (χ1v) is 9.49. The third kappa shape index (κ3) is 4.77. The number of methoxy groups -OCH3 is 1. The molecule has 3 rings (SSSR count). The van der Waals surface area contributed by atoms with Crippen LogP contribution in [0.4, 0.5) is 0 Å². The van der Waals surface area contributed by atoms with Gasteiger partial charge < -0.3 is 14.2 Å². The Morgan fingerprint density at radius 3 is 2.63 bits per heavy atom. The van der Waals surface area contributed by atoms with E-state index in [1.165, 1.54) is 0 Å².